The molecular weight excluding hydrogens is 320 g/mol. The summed E-state index contributed by atoms with van der Waals surface area (Å²) >= 11 is 0. The fourth-order valence-electron chi connectivity index (χ4n) is 2.97. The number of amides is 1. The highest BCUT2D eigenvalue weighted by Crippen LogP contribution is 2.16. The van der Waals surface area contributed by atoms with Crippen LogP contribution in [-0.2, 0) is 14.3 Å². The molecule has 1 rings (SSSR count). The molecule has 0 saturated carbocycles. The number of hydrogen-bond acceptors (Lipinski definition) is 5. The van der Waals surface area contributed by atoms with E-state index < -0.39 is 17.7 Å². The van der Waals surface area contributed by atoms with Gasteiger partial charge in [-0.05, 0) is 32.6 Å². The van der Waals surface area contributed by atoms with Crippen LogP contribution in [0.3, 0.4) is 0 Å². The highest BCUT2D eigenvalue weighted by atomic mass is 16.6. The van der Waals surface area contributed by atoms with Gasteiger partial charge in [-0.15, -0.1) is 0 Å². The lowest BCUT2D eigenvalue weighted by Gasteiger charge is -2.30. The lowest BCUT2D eigenvalue weighted by Crippen LogP contribution is -2.47. The number of carbonyl (C=O) groups is 2. The summed E-state index contributed by atoms with van der Waals surface area (Å²) in [5.41, 5.74) is -0.573. The molecule has 1 heterocycles. The van der Waals surface area contributed by atoms with Gasteiger partial charge in [0.05, 0.1) is 19.3 Å². The van der Waals surface area contributed by atoms with Crippen molar-refractivity contribution in [2.75, 3.05) is 32.8 Å². The molecule has 1 aliphatic heterocycles. The first-order valence-electron chi connectivity index (χ1n) is 9.44. The topological polar surface area (TPSA) is 67.9 Å². The summed E-state index contributed by atoms with van der Waals surface area (Å²) in [5.74, 6) is 0.411. The maximum Gasteiger partial charge on any atom is 0.408 e. The van der Waals surface area contributed by atoms with Crippen LogP contribution in [0.15, 0.2) is 0 Å². The van der Waals surface area contributed by atoms with Crippen LogP contribution in [0.4, 0.5) is 4.79 Å². The largest absolute Gasteiger partial charge is 0.444 e. The average Bonchev–Trinajstić information content (AvgIpc) is 2.50. The Kier molecular flexibility index (Phi) is 8.86. The molecule has 0 aliphatic carbocycles. The zero-order chi connectivity index (χ0) is 19.0. The third kappa shape index (κ3) is 8.68. The predicted octanol–water partition coefficient (Wildman–Crippen LogP) is 2.85. The van der Waals surface area contributed by atoms with Crippen molar-refractivity contribution in [3.63, 3.8) is 0 Å². The molecule has 146 valence electrons. The van der Waals surface area contributed by atoms with E-state index in [1.54, 1.807) is 0 Å². The van der Waals surface area contributed by atoms with Gasteiger partial charge in [0, 0.05) is 26.1 Å². The Labute approximate surface area is 152 Å². The predicted molar refractivity (Wildman–Crippen MR) is 98.7 cm³/mol. The molecule has 0 unspecified atom stereocenters. The van der Waals surface area contributed by atoms with Crippen LogP contribution in [0.2, 0.25) is 0 Å². The zero-order valence-corrected chi connectivity index (χ0v) is 16.8. The van der Waals surface area contributed by atoms with Crippen LogP contribution < -0.4 is 5.32 Å². The summed E-state index contributed by atoms with van der Waals surface area (Å²) in [7, 11) is 0. The summed E-state index contributed by atoms with van der Waals surface area (Å²) in [6, 6.07) is -0.494. The van der Waals surface area contributed by atoms with E-state index in [4.69, 9.17) is 9.47 Å². The third-order valence-corrected chi connectivity index (χ3v) is 4.46. The average molecular weight is 357 g/mol. The Morgan fingerprint density at radius 1 is 1.20 bits per heavy atom. The molecule has 0 spiro atoms. The van der Waals surface area contributed by atoms with Crippen LogP contribution in [-0.4, -0.2) is 61.3 Å². The number of hydrogen-bond donors (Lipinski definition) is 1. The van der Waals surface area contributed by atoms with Crippen molar-refractivity contribution in [1.82, 2.24) is 10.2 Å². The molecule has 6 heteroatoms. The van der Waals surface area contributed by atoms with Crippen LogP contribution in [0, 0.1) is 11.8 Å². The number of ether oxygens (including phenoxy) is 2. The zero-order valence-electron chi connectivity index (χ0n) is 16.8. The Bertz CT molecular complexity index is 428. The summed E-state index contributed by atoms with van der Waals surface area (Å²) in [4.78, 5) is 27.2. The molecule has 25 heavy (non-hydrogen) atoms. The molecule has 0 radical (unpaired) electrons. The fourth-order valence-corrected chi connectivity index (χ4v) is 2.97. The van der Waals surface area contributed by atoms with Gasteiger partial charge in [-0.3, -0.25) is 9.69 Å². The van der Waals surface area contributed by atoms with Gasteiger partial charge in [0.25, 0.3) is 0 Å². The van der Waals surface area contributed by atoms with E-state index in [0.717, 1.165) is 39.3 Å². The van der Waals surface area contributed by atoms with Crippen molar-refractivity contribution in [2.24, 2.45) is 11.8 Å². The quantitative estimate of drug-likeness (QED) is 0.724. The molecule has 1 N–H and O–H groups in total. The molecule has 1 amide bonds. The summed E-state index contributed by atoms with van der Waals surface area (Å²) in [6.45, 7) is 15.8. The van der Waals surface area contributed by atoms with Gasteiger partial charge in [-0.25, -0.2) is 4.79 Å². The highest BCUT2D eigenvalue weighted by Gasteiger charge is 2.29. The van der Waals surface area contributed by atoms with Crippen LogP contribution in [0.5, 0.6) is 0 Å². The Morgan fingerprint density at radius 2 is 1.80 bits per heavy atom. The Balaban J connectivity index is 2.58. The number of morpholine rings is 1. The minimum atomic E-state index is -0.573. The number of nitrogens with zero attached hydrogens (tertiary/aromatic N) is 1. The van der Waals surface area contributed by atoms with Crippen molar-refractivity contribution in [1.29, 1.82) is 0 Å². The Hall–Kier alpha value is -1.14. The highest BCUT2D eigenvalue weighted by molar-refractivity contribution is 5.87. The molecule has 6 nitrogen and oxygen atoms in total. The summed E-state index contributed by atoms with van der Waals surface area (Å²) in [5, 5.41) is 2.79. The van der Waals surface area contributed by atoms with E-state index in [1.807, 2.05) is 34.6 Å². The second-order valence-corrected chi connectivity index (χ2v) is 8.20. The number of rotatable bonds is 8. The van der Waals surface area contributed by atoms with Crippen molar-refractivity contribution in [2.45, 2.75) is 66.0 Å². The summed E-state index contributed by atoms with van der Waals surface area (Å²) in [6.07, 6.45) is 0.763. The monoisotopic (exact) mass is 356 g/mol. The van der Waals surface area contributed by atoms with E-state index in [2.05, 4.69) is 17.1 Å². The van der Waals surface area contributed by atoms with Crippen LogP contribution in [0.25, 0.3) is 0 Å². The standard InChI is InChI=1S/C19H36N2O4/c1-7-15(3)17(20-18(23)25-19(4,5)6)16(22)12-14(2)13-21-8-10-24-11-9-21/h14-15,17H,7-13H2,1-6H3,(H,20,23)/t14-,15+,17+/m1/s1. The second-order valence-electron chi connectivity index (χ2n) is 8.20. The van der Waals surface area contributed by atoms with E-state index >= 15 is 0 Å². The third-order valence-electron chi connectivity index (χ3n) is 4.46. The van der Waals surface area contributed by atoms with Crippen LogP contribution in [0.1, 0.15) is 54.4 Å². The van der Waals surface area contributed by atoms with Crippen molar-refractivity contribution in [3.8, 4) is 0 Å². The second kappa shape index (κ2) is 10.1. The molecule has 3 atom stereocenters. The normalized spacial score (nSPS) is 19.8. The van der Waals surface area contributed by atoms with Crippen molar-refractivity contribution < 1.29 is 19.1 Å². The van der Waals surface area contributed by atoms with E-state index in [0.29, 0.717) is 6.42 Å². The number of Topliss-reactive ketones (excluding diaryl/α,β-unsaturated/α-hetero) is 1. The van der Waals surface area contributed by atoms with Gasteiger partial charge in [-0.1, -0.05) is 27.2 Å². The molecule has 0 aromatic heterocycles. The first kappa shape index (κ1) is 21.9. The first-order chi connectivity index (χ1) is 11.6. The molecule has 0 aromatic carbocycles. The maximum absolute atomic E-state index is 12.8. The first-order valence-corrected chi connectivity index (χ1v) is 9.44. The smallest absolute Gasteiger partial charge is 0.408 e. The molecule has 0 aromatic rings. The lowest BCUT2D eigenvalue weighted by molar-refractivity contribution is -0.123. The van der Waals surface area contributed by atoms with Crippen molar-refractivity contribution in [3.05, 3.63) is 0 Å². The molecule has 0 bridgehead atoms. The number of ketones is 1. The van der Waals surface area contributed by atoms with Gasteiger partial charge in [-0.2, -0.15) is 0 Å². The van der Waals surface area contributed by atoms with Gasteiger partial charge >= 0.3 is 6.09 Å². The van der Waals surface area contributed by atoms with Gasteiger partial charge in [0.2, 0.25) is 0 Å². The lowest BCUT2D eigenvalue weighted by atomic mass is 9.90. The molecule has 1 fully saturated rings. The van der Waals surface area contributed by atoms with E-state index in [-0.39, 0.29) is 17.6 Å². The SMILES string of the molecule is CC[C@H](C)[C@H](NC(=O)OC(C)(C)C)C(=O)C[C@@H](C)CN1CCOCC1. The Morgan fingerprint density at radius 3 is 2.32 bits per heavy atom. The summed E-state index contributed by atoms with van der Waals surface area (Å²) < 4.78 is 10.7. The molecule has 1 saturated heterocycles. The number of nitrogens with one attached hydrogen (secondary N) is 1. The van der Waals surface area contributed by atoms with Gasteiger partial charge in [0.1, 0.15) is 5.60 Å². The van der Waals surface area contributed by atoms with Gasteiger partial charge in [0.15, 0.2) is 5.78 Å². The van der Waals surface area contributed by atoms with E-state index in [9.17, 15) is 9.59 Å². The number of carbonyl (C=O) groups excluding carboxylic acids is 2. The minimum absolute atomic E-state index is 0.0793. The van der Waals surface area contributed by atoms with Gasteiger partial charge < -0.3 is 14.8 Å². The maximum atomic E-state index is 12.8. The number of alkyl carbamates (subject to hydrolysis) is 1. The minimum Gasteiger partial charge on any atom is -0.444 e. The van der Waals surface area contributed by atoms with E-state index in [1.165, 1.54) is 0 Å². The fraction of sp³-hybridized carbons (Fsp3) is 0.895. The van der Waals surface area contributed by atoms with Crippen molar-refractivity contribution >= 4 is 11.9 Å². The van der Waals surface area contributed by atoms with Crippen LogP contribution >= 0.6 is 0 Å². The molecule has 1 aliphatic rings. The molecular formula is C19H36N2O4.